The zero-order chi connectivity index (χ0) is 13.5. The second-order valence-corrected chi connectivity index (χ2v) is 6.24. The molecule has 0 bridgehead atoms. The van der Waals surface area contributed by atoms with Gasteiger partial charge in [-0.1, -0.05) is 43.1 Å². The van der Waals surface area contributed by atoms with Crippen LogP contribution in [0.5, 0.6) is 0 Å². The molecule has 0 saturated carbocycles. The van der Waals surface area contributed by atoms with Crippen molar-refractivity contribution in [1.82, 2.24) is 5.32 Å². The molecule has 18 heavy (non-hydrogen) atoms. The van der Waals surface area contributed by atoms with E-state index in [-0.39, 0.29) is 5.91 Å². The van der Waals surface area contributed by atoms with Gasteiger partial charge in [-0.2, -0.15) is 0 Å². The van der Waals surface area contributed by atoms with E-state index < -0.39 is 0 Å². The van der Waals surface area contributed by atoms with Crippen LogP contribution in [-0.4, -0.2) is 18.2 Å². The highest BCUT2D eigenvalue weighted by Gasteiger charge is 2.04. The quantitative estimate of drug-likeness (QED) is 0.860. The standard InChI is InChI=1S/C13H17Cl2NOS/c1-9(2)6-16-13(17)8-18-7-10-3-4-11(14)12(15)5-10/h3-5,9H,6-8H2,1-2H3,(H,16,17). The van der Waals surface area contributed by atoms with Crippen molar-refractivity contribution < 1.29 is 4.79 Å². The molecule has 1 amide bonds. The molecule has 1 rings (SSSR count). The minimum absolute atomic E-state index is 0.0776. The summed E-state index contributed by atoms with van der Waals surface area (Å²) in [4.78, 5) is 11.5. The molecule has 1 N–H and O–H groups in total. The number of hydrogen-bond donors (Lipinski definition) is 1. The first-order valence-corrected chi connectivity index (χ1v) is 7.68. The lowest BCUT2D eigenvalue weighted by Crippen LogP contribution is -2.28. The minimum Gasteiger partial charge on any atom is -0.355 e. The van der Waals surface area contributed by atoms with E-state index >= 15 is 0 Å². The lowest BCUT2D eigenvalue weighted by atomic mass is 10.2. The number of rotatable bonds is 6. The highest BCUT2D eigenvalue weighted by atomic mass is 35.5. The summed E-state index contributed by atoms with van der Waals surface area (Å²) in [5.41, 5.74) is 1.08. The molecule has 0 heterocycles. The molecule has 1 aromatic rings. The number of nitrogens with one attached hydrogen (secondary N) is 1. The van der Waals surface area contributed by atoms with Crippen molar-refractivity contribution in [2.75, 3.05) is 12.3 Å². The Kier molecular flexibility index (Phi) is 6.90. The Labute approximate surface area is 122 Å². The van der Waals surface area contributed by atoms with Gasteiger partial charge < -0.3 is 5.32 Å². The van der Waals surface area contributed by atoms with Crippen LogP contribution in [0.1, 0.15) is 19.4 Å². The molecule has 0 atom stereocenters. The molecule has 1 aromatic carbocycles. The second kappa shape index (κ2) is 7.93. The Morgan fingerprint density at radius 2 is 2.06 bits per heavy atom. The molecule has 0 aromatic heterocycles. The Morgan fingerprint density at radius 1 is 1.33 bits per heavy atom. The Hall–Kier alpha value is -0.380. The maximum atomic E-state index is 11.5. The monoisotopic (exact) mass is 305 g/mol. The topological polar surface area (TPSA) is 29.1 Å². The summed E-state index contributed by atoms with van der Waals surface area (Å²) in [7, 11) is 0. The summed E-state index contributed by atoms with van der Waals surface area (Å²) >= 11 is 13.3. The Balaban J connectivity index is 2.28. The molecule has 5 heteroatoms. The van der Waals surface area contributed by atoms with Crippen LogP contribution < -0.4 is 5.32 Å². The third-order valence-corrected chi connectivity index (χ3v) is 3.94. The number of benzene rings is 1. The van der Waals surface area contributed by atoms with E-state index in [1.54, 1.807) is 17.8 Å². The first-order chi connectivity index (χ1) is 8.49. The SMILES string of the molecule is CC(C)CNC(=O)CSCc1ccc(Cl)c(Cl)c1. The molecule has 0 aliphatic heterocycles. The van der Waals surface area contributed by atoms with Gasteiger partial charge in [0.15, 0.2) is 0 Å². The molecule has 2 nitrogen and oxygen atoms in total. The number of hydrogen-bond acceptors (Lipinski definition) is 2. The maximum absolute atomic E-state index is 11.5. The normalized spacial score (nSPS) is 10.7. The van der Waals surface area contributed by atoms with E-state index in [2.05, 4.69) is 19.2 Å². The number of carbonyl (C=O) groups excluding carboxylic acids is 1. The van der Waals surface area contributed by atoms with Crippen LogP contribution in [0.3, 0.4) is 0 Å². The van der Waals surface area contributed by atoms with Crippen LogP contribution in [0.2, 0.25) is 10.0 Å². The molecule has 0 radical (unpaired) electrons. The van der Waals surface area contributed by atoms with Gasteiger partial charge in [0.2, 0.25) is 5.91 Å². The van der Waals surface area contributed by atoms with Crippen molar-refractivity contribution in [2.24, 2.45) is 5.92 Å². The smallest absolute Gasteiger partial charge is 0.230 e. The van der Waals surface area contributed by atoms with Gasteiger partial charge in [0, 0.05) is 12.3 Å². The van der Waals surface area contributed by atoms with Gasteiger partial charge in [-0.25, -0.2) is 0 Å². The second-order valence-electron chi connectivity index (χ2n) is 4.44. The molecule has 0 fully saturated rings. The molecule has 0 aliphatic rings. The van der Waals surface area contributed by atoms with Crippen molar-refractivity contribution >= 4 is 40.9 Å². The summed E-state index contributed by atoms with van der Waals surface area (Å²) in [6.45, 7) is 4.87. The van der Waals surface area contributed by atoms with E-state index in [9.17, 15) is 4.79 Å². The average Bonchev–Trinajstić information content (AvgIpc) is 2.31. The predicted molar refractivity (Wildman–Crippen MR) is 80.5 cm³/mol. The van der Waals surface area contributed by atoms with Crippen molar-refractivity contribution in [3.63, 3.8) is 0 Å². The number of halogens is 2. The van der Waals surface area contributed by atoms with Crippen LogP contribution in [0.4, 0.5) is 0 Å². The summed E-state index contributed by atoms with van der Waals surface area (Å²) in [5.74, 6) is 1.78. The van der Waals surface area contributed by atoms with E-state index in [4.69, 9.17) is 23.2 Å². The van der Waals surface area contributed by atoms with Gasteiger partial charge in [0.05, 0.1) is 15.8 Å². The van der Waals surface area contributed by atoms with Crippen molar-refractivity contribution in [1.29, 1.82) is 0 Å². The van der Waals surface area contributed by atoms with Crippen LogP contribution in [0.15, 0.2) is 18.2 Å². The lowest BCUT2D eigenvalue weighted by molar-refractivity contribution is -0.118. The van der Waals surface area contributed by atoms with Gasteiger partial charge in [0.1, 0.15) is 0 Å². The summed E-state index contributed by atoms with van der Waals surface area (Å²) in [5, 5.41) is 3.99. The molecular formula is C13H17Cl2NOS. The Morgan fingerprint density at radius 3 is 2.67 bits per heavy atom. The van der Waals surface area contributed by atoms with E-state index in [1.807, 2.05) is 12.1 Å². The van der Waals surface area contributed by atoms with Crippen LogP contribution in [0.25, 0.3) is 0 Å². The van der Waals surface area contributed by atoms with Gasteiger partial charge in [0.25, 0.3) is 0 Å². The van der Waals surface area contributed by atoms with E-state index in [0.717, 1.165) is 17.9 Å². The number of carbonyl (C=O) groups is 1. The first kappa shape index (κ1) is 15.7. The zero-order valence-electron chi connectivity index (χ0n) is 10.5. The highest BCUT2D eigenvalue weighted by molar-refractivity contribution is 7.99. The fourth-order valence-electron chi connectivity index (χ4n) is 1.26. The van der Waals surface area contributed by atoms with Crippen molar-refractivity contribution in [3.05, 3.63) is 33.8 Å². The minimum atomic E-state index is 0.0776. The fraction of sp³-hybridized carbons (Fsp3) is 0.462. The molecule has 0 unspecified atom stereocenters. The largest absolute Gasteiger partial charge is 0.355 e. The third kappa shape index (κ3) is 5.98. The van der Waals surface area contributed by atoms with E-state index in [0.29, 0.717) is 21.7 Å². The van der Waals surface area contributed by atoms with Gasteiger partial charge in [-0.05, 0) is 23.6 Å². The third-order valence-electron chi connectivity index (χ3n) is 2.19. The molecular weight excluding hydrogens is 289 g/mol. The number of thioether (sulfide) groups is 1. The van der Waals surface area contributed by atoms with Gasteiger partial charge in [-0.15, -0.1) is 11.8 Å². The molecule has 0 saturated heterocycles. The lowest BCUT2D eigenvalue weighted by Gasteiger charge is -2.07. The average molecular weight is 306 g/mol. The van der Waals surface area contributed by atoms with Crippen molar-refractivity contribution in [2.45, 2.75) is 19.6 Å². The summed E-state index contributed by atoms with van der Waals surface area (Å²) in [6, 6.07) is 5.54. The fourth-order valence-corrected chi connectivity index (χ4v) is 2.39. The molecule has 100 valence electrons. The van der Waals surface area contributed by atoms with Gasteiger partial charge in [-0.3, -0.25) is 4.79 Å². The summed E-state index contributed by atoms with van der Waals surface area (Å²) < 4.78 is 0. The zero-order valence-corrected chi connectivity index (χ0v) is 12.8. The van der Waals surface area contributed by atoms with Crippen LogP contribution in [0, 0.1) is 5.92 Å². The van der Waals surface area contributed by atoms with Gasteiger partial charge >= 0.3 is 0 Å². The number of amides is 1. The Bertz CT molecular complexity index is 410. The van der Waals surface area contributed by atoms with Crippen LogP contribution in [-0.2, 0) is 10.5 Å². The molecule has 0 aliphatic carbocycles. The van der Waals surface area contributed by atoms with E-state index in [1.165, 1.54) is 0 Å². The summed E-state index contributed by atoms with van der Waals surface area (Å²) in [6.07, 6.45) is 0. The maximum Gasteiger partial charge on any atom is 0.230 e. The first-order valence-electron chi connectivity index (χ1n) is 5.77. The molecule has 0 spiro atoms. The highest BCUT2D eigenvalue weighted by Crippen LogP contribution is 2.24. The van der Waals surface area contributed by atoms with Crippen LogP contribution >= 0.6 is 35.0 Å². The predicted octanol–water partition coefficient (Wildman–Crippen LogP) is 4.00. The van der Waals surface area contributed by atoms with Crippen molar-refractivity contribution in [3.8, 4) is 0 Å².